The molecule has 4 rings (SSSR count). The Hall–Kier alpha value is -3.78. The first-order chi connectivity index (χ1) is 17.9. The Kier molecular flexibility index (Phi) is 8.50. The second kappa shape index (κ2) is 12.0. The number of carbonyl (C=O) groups excluding carboxylic acids is 2. The zero-order valence-electron chi connectivity index (χ0n) is 21.6. The third-order valence-electron chi connectivity index (χ3n) is 6.55. The smallest absolute Gasteiger partial charge is 0.265 e. The lowest BCUT2D eigenvalue weighted by Crippen LogP contribution is -2.36. The predicted octanol–water partition coefficient (Wildman–Crippen LogP) is 5.75. The molecule has 0 radical (unpaired) electrons. The van der Waals surface area contributed by atoms with Gasteiger partial charge in [0.2, 0.25) is 11.7 Å². The average molecular weight is 521 g/mol. The number of likely N-dealkylation sites (tertiary alicyclic amines) is 1. The van der Waals surface area contributed by atoms with Crippen molar-refractivity contribution in [3.05, 3.63) is 75.5 Å². The van der Waals surface area contributed by atoms with Gasteiger partial charge in [0.1, 0.15) is 0 Å². The van der Waals surface area contributed by atoms with Gasteiger partial charge in [-0.15, -0.1) is 11.3 Å². The van der Waals surface area contributed by atoms with E-state index in [2.05, 4.69) is 17.4 Å². The number of methoxy groups -OCH3 is 3. The van der Waals surface area contributed by atoms with Gasteiger partial charge in [0.15, 0.2) is 11.5 Å². The molecule has 2 amide bonds. The highest BCUT2D eigenvalue weighted by Crippen LogP contribution is 2.40. The standard InChI is InChI=1S/C29H32N2O5S/c1-19-5-13-25(37-19)29(33)30-23-10-6-20(7-11-23)21-15-17-31(18-16-21)26(32)14-9-22-8-12-24(34-2)28(36-4)27(22)35-3/h5-14,21H,15-18H2,1-4H3,(H,30,33)/b14-9+. The largest absolute Gasteiger partial charge is 0.493 e. The summed E-state index contributed by atoms with van der Waals surface area (Å²) >= 11 is 1.48. The molecule has 2 aromatic carbocycles. The van der Waals surface area contributed by atoms with Gasteiger partial charge in [-0.2, -0.15) is 0 Å². The number of rotatable bonds is 8. The van der Waals surface area contributed by atoms with Gasteiger partial charge < -0.3 is 24.4 Å². The average Bonchev–Trinajstić information content (AvgIpc) is 3.38. The van der Waals surface area contributed by atoms with Crippen LogP contribution in [0.2, 0.25) is 0 Å². The molecule has 1 saturated heterocycles. The number of piperidine rings is 1. The van der Waals surface area contributed by atoms with Crippen LogP contribution in [-0.4, -0.2) is 51.1 Å². The number of amides is 2. The van der Waals surface area contributed by atoms with Crippen LogP contribution in [0.25, 0.3) is 6.08 Å². The van der Waals surface area contributed by atoms with Gasteiger partial charge in [0.25, 0.3) is 5.91 Å². The number of nitrogens with zero attached hydrogens (tertiary/aromatic N) is 1. The minimum atomic E-state index is -0.0866. The Morgan fingerprint density at radius 2 is 1.62 bits per heavy atom. The van der Waals surface area contributed by atoms with Crippen LogP contribution < -0.4 is 19.5 Å². The number of anilines is 1. The molecule has 1 fully saturated rings. The molecule has 3 aromatic rings. The first kappa shape index (κ1) is 26.3. The summed E-state index contributed by atoms with van der Waals surface area (Å²) in [6.07, 6.45) is 5.11. The lowest BCUT2D eigenvalue weighted by molar-refractivity contribution is -0.126. The molecular weight excluding hydrogens is 488 g/mol. The minimum Gasteiger partial charge on any atom is -0.493 e. The fourth-order valence-corrected chi connectivity index (χ4v) is 5.31. The SMILES string of the molecule is COc1ccc(/C=C/C(=O)N2CCC(c3ccc(NC(=O)c4ccc(C)s4)cc3)CC2)c(OC)c1OC. The van der Waals surface area contributed by atoms with Gasteiger partial charge in [0.05, 0.1) is 26.2 Å². The summed E-state index contributed by atoms with van der Waals surface area (Å²) < 4.78 is 16.2. The first-order valence-electron chi connectivity index (χ1n) is 12.2. The van der Waals surface area contributed by atoms with Gasteiger partial charge in [-0.25, -0.2) is 0 Å². The molecule has 1 aliphatic heterocycles. The number of hydrogen-bond acceptors (Lipinski definition) is 6. The van der Waals surface area contributed by atoms with Crippen LogP contribution in [-0.2, 0) is 4.79 Å². The number of aryl methyl sites for hydroxylation is 1. The molecule has 0 saturated carbocycles. The van der Waals surface area contributed by atoms with E-state index in [0.29, 0.717) is 41.1 Å². The number of ether oxygens (including phenoxy) is 3. The lowest BCUT2D eigenvalue weighted by Gasteiger charge is -2.31. The summed E-state index contributed by atoms with van der Waals surface area (Å²) in [7, 11) is 4.68. The van der Waals surface area contributed by atoms with Crippen LogP contribution in [0, 0.1) is 6.92 Å². The molecule has 1 aliphatic rings. The van der Waals surface area contributed by atoms with Crippen LogP contribution in [0.15, 0.2) is 54.6 Å². The van der Waals surface area contributed by atoms with Crippen molar-refractivity contribution in [2.75, 3.05) is 39.7 Å². The van der Waals surface area contributed by atoms with Crippen LogP contribution >= 0.6 is 11.3 Å². The summed E-state index contributed by atoms with van der Waals surface area (Å²) in [5, 5.41) is 2.96. The van der Waals surface area contributed by atoms with E-state index in [1.165, 1.54) is 16.9 Å². The van der Waals surface area contributed by atoms with Gasteiger partial charge in [0, 0.05) is 35.3 Å². The van der Waals surface area contributed by atoms with Crippen molar-refractivity contribution in [2.45, 2.75) is 25.7 Å². The van der Waals surface area contributed by atoms with Crippen LogP contribution in [0.1, 0.15) is 44.4 Å². The second-order valence-electron chi connectivity index (χ2n) is 8.84. The second-order valence-corrected chi connectivity index (χ2v) is 10.1. The normalized spacial score (nSPS) is 14.0. The number of nitrogens with one attached hydrogen (secondary N) is 1. The molecule has 0 bridgehead atoms. The summed E-state index contributed by atoms with van der Waals surface area (Å²) in [5.41, 5.74) is 2.75. The lowest BCUT2D eigenvalue weighted by atomic mass is 9.89. The fourth-order valence-electron chi connectivity index (χ4n) is 4.54. The molecular formula is C29H32N2O5S. The summed E-state index contributed by atoms with van der Waals surface area (Å²) in [4.78, 5) is 28.9. The molecule has 0 unspecified atom stereocenters. The molecule has 2 heterocycles. The van der Waals surface area contributed by atoms with E-state index in [0.717, 1.165) is 29.0 Å². The Balaban J connectivity index is 1.33. The van der Waals surface area contributed by atoms with E-state index in [9.17, 15) is 9.59 Å². The van der Waals surface area contributed by atoms with E-state index in [4.69, 9.17) is 14.2 Å². The van der Waals surface area contributed by atoms with Crippen molar-refractivity contribution in [2.24, 2.45) is 0 Å². The van der Waals surface area contributed by atoms with E-state index >= 15 is 0 Å². The third kappa shape index (κ3) is 6.14. The predicted molar refractivity (Wildman–Crippen MR) is 147 cm³/mol. The molecule has 8 heteroatoms. The van der Waals surface area contributed by atoms with Crippen molar-refractivity contribution < 1.29 is 23.8 Å². The number of benzene rings is 2. The fraction of sp³-hybridized carbons (Fsp3) is 0.310. The number of carbonyl (C=O) groups is 2. The maximum absolute atomic E-state index is 12.9. The van der Waals surface area contributed by atoms with Crippen molar-refractivity contribution in [1.82, 2.24) is 4.90 Å². The van der Waals surface area contributed by atoms with Crippen molar-refractivity contribution in [3.8, 4) is 17.2 Å². The summed E-state index contributed by atoms with van der Waals surface area (Å²) in [5.74, 6) is 1.84. The first-order valence-corrected chi connectivity index (χ1v) is 13.0. The van der Waals surface area contributed by atoms with Gasteiger partial charge in [-0.3, -0.25) is 9.59 Å². The van der Waals surface area contributed by atoms with Crippen molar-refractivity contribution in [1.29, 1.82) is 0 Å². The molecule has 7 nitrogen and oxygen atoms in total. The van der Waals surface area contributed by atoms with Crippen molar-refractivity contribution >= 4 is 34.9 Å². The molecule has 0 spiro atoms. The molecule has 0 aliphatic carbocycles. The highest BCUT2D eigenvalue weighted by molar-refractivity contribution is 7.14. The van der Waals surface area contributed by atoms with E-state index in [1.54, 1.807) is 39.5 Å². The van der Waals surface area contributed by atoms with E-state index in [-0.39, 0.29) is 11.8 Å². The maximum atomic E-state index is 12.9. The highest BCUT2D eigenvalue weighted by Gasteiger charge is 2.23. The third-order valence-corrected chi connectivity index (χ3v) is 7.55. The summed E-state index contributed by atoms with van der Waals surface area (Å²) in [6.45, 7) is 3.36. The Labute approximate surface area is 221 Å². The van der Waals surface area contributed by atoms with E-state index < -0.39 is 0 Å². The Bertz CT molecular complexity index is 1270. The quantitative estimate of drug-likeness (QED) is 0.383. The number of hydrogen-bond donors (Lipinski definition) is 1. The van der Waals surface area contributed by atoms with Gasteiger partial charge in [-0.05, 0) is 73.7 Å². The van der Waals surface area contributed by atoms with Crippen LogP contribution in [0.4, 0.5) is 5.69 Å². The maximum Gasteiger partial charge on any atom is 0.265 e. The number of thiophene rings is 1. The zero-order valence-corrected chi connectivity index (χ0v) is 22.4. The minimum absolute atomic E-state index is 0.0304. The zero-order chi connectivity index (χ0) is 26.4. The Morgan fingerprint density at radius 1 is 0.919 bits per heavy atom. The molecule has 1 N–H and O–H groups in total. The van der Waals surface area contributed by atoms with Crippen molar-refractivity contribution in [3.63, 3.8) is 0 Å². The molecule has 1 aromatic heterocycles. The molecule has 0 atom stereocenters. The molecule has 37 heavy (non-hydrogen) atoms. The van der Waals surface area contributed by atoms with E-state index in [1.807, 2.05) is 42.2 Å². The Morgan fingerprint density at radius 3 is 2.22 bits per heavy atom. The van der Waals surface area contributed by atoms with Crippen LogP contribution in [0.5, 0.6) is 17.2 Å². The molecule has 194 valence electrons. The highest BCUT2D eigenvalue weighted by atomic mass is 32.1. The van der Waals surface area contributed by atoms with Gasteiger partial charge in [-0.1, -0.05) is 12.1 Å². The van der Waals surface area contributed by atoms with Gasteiger partial charge >= 0.3 is 0 Å². The summed E-state index contributed by atoms with van der Waals surface area (Å²) in [6, 6.07) is 15.5. The van der Waals surface area contributed by atoms with Crippen LogP contribution in [0.3, 0.4) is 0 Å². The topological polar surface area (TPSA) is 77.1 Å². The monoisotopic (exact) mass is 520 g/mol.